The second kappa shape index (κ2) is 5.26. The van der Waals surface area contributed by atoms with Crippen molar-refractivity contribution in [2.24, 2.45) is 0 Å². The first-order valence-corrected chi connectivity index (χ1v) is 4.56. The molecule has 0 heterocycles. The number of ether oxygens (including phenoxy) is 1. The van der Waals surface area contributed by atoms with Crippen LogP contribution in [0.1, 0.15) is 23.7 Å². The minimum absolute atomic E-state index is 0.0333. The van der Waals surface area contributed by atoms with Crippen LogP contribution in [-0.4, -0.2) is 23.5 Å². The Bertz CT molecular complexity index is 353. The fourth-order valence-electron chi connectivity index (χ4n) is 1.03. The summed E-state index contributed by atoms with van der Waals surface area (Å²) in [6.45, 7) is 1.23. The number of Topliss-reactive ketones (excluding diaryl/α,β-unsaturated/α-hetero) is 1. The van der Waals surface area contributed by atoms with Crippen LogP contribution in [-0.2, 0) is 4.79 Å². The second-order valence-corrected chi connectivity index (χ2v) is 3.03. The molecule has 0 aliphatic carbocycles. The number of benzene rings is 1. The topological polar surface area (TPSA) is 63.6 Å². The van der Waals surface area contributed by atoms with Gasteiger partial charge in [-0.1, -0.05) is 0 Å². The Morgan fingerprint density at radius 2 is 1.87 bits per heavy atom. The van der Waals surface area contributed by atoms with Crippen LogP contribution in [0.25, 0.3) is 0 Å². The molecule has 0 aliphatic heterocycles. The number of hydrogen-bond donors (Lipinski definition) is 1. The number of hydrogen-bond acceptors (Lipinski definition) is 4. The van der Waals surface area contributed by atoms with Gasteiger partial charge in [0.2, 0.25) is 0 Å². The zero-order chi connectivity index (χ0) is 11.3. The van der Waals surface area contributed by atoms with Gasteiger partial charge in [-0.3, -0.25) is 9.59 Å². The summed E-state index contributed by atoms with van der Waals surface area (Å²) in [4.78, 5) is 21.9. The molecule has 0 aliphatic rings. The van der Waals surface area contributed by atoms with E-state index in [2.05, 4.69) is 0 Å². The summed E-state index contributed by atoms with van der Waals surface area (Å²) in [7, 11) is 0. The van der Waals surface area contributed by atoms with E-state index in [4.69, 9.17) is 9.84 Å². The first-order chi connectivity index (χ1) is 7.13. The lowest BCUT2D eigenvalue weighted by atomic mass is 10.1. The number of carbonyl (C=O) groups is 2. The van der Waals surface area contributed by atoms with Crippen molar-refractivity contribution in [3.63, 3.8) is 0 Å². The first-order valence-electron chi connectivity index (χ1n) is 4.56. The SMILES string of the molecule is CC(=O)c1ccc(OC(=O)CCO)cc1. The molecular formula is C11H12O4. The second-order valence-electron chi connectivity index (χ2n) is 3.03. The minimum atomic E-state index is -0.493. The van der Waals surface area contributed by atoms with Gasteiger partial charge in [-0.15, -0.1) is 0 Å². The molecule has 15 heavy (non-hydrogen) atoms. The Morgan fingerprint density at radius 1 is 1.27 bits per heavy atom. The number of aliphatic hydroxyl groups is 1. The molecule has 80 valence electrons. The van der Waals surface area contributed by atoms with Crippen molar-refractivity contribution in [1.29, 1.82) is 0 Å². The van der Waals surface area contributed by atoms with Crippen LogP contribution in [0.15, 0.2) is 24.3 Å². The quantitative estimate of drug-likeness (QED) is 0.458. The number of rotatable bonds is 4. The van der Waals surface area contributed by atoms with Gasteiger partial charge in [-0.2, -0.15) is 0 Å². The molecule has 0 atom stereocenters. The summed E-state index contributed by atoms with van der Waals surface area (Å²) >= 11 is 0. The van der Waals surface area contributed by atoms with Gasteiger partial charge >= 0.3 is 5.97 Å². The van der Waals surface area contributed by atoms with Crippen molar-refractivity contribution in [3.8, 4) is 5.75 Å². The Balaban J connectivity index is 2.64. The molecule has 1 rings (SSSR count). The summed E-state index contributed by atoms with van der Waals surface area (Å²) in [6, 6.07) is 6.27. The number of aliphatic hydroxyl groups excluding tert-OH is 1. The van der Waals surface area contributed by atoms with Crippen LogP contribution in [0.5, 0.6) is 5.75 Å². The molecule has 0 amide bonds. The number of ketones is 1. The molecule has 1 aromatic rings. The monoisotopic (exact) mass is 208 g/mol. The summed E-state index contributed by atoms with van der Waals surface area (Å²) in [5.74, 6) is -0.158. The maximum absolute atomic E-state index is 11.0. The maximum atomic E-state index is 11.0. The largest absolute Gasteiger partial charge is 0.426 e. The van der Waals surface area contributed by atoms with Gasteiger partial charge in [0.25, 0.3) is 0 Å². The molecule has 4 nitrogen and oxygen atoms in total. The molecular weight excluding hydrogens is 196 g/mol. The standard InChI is InChI=1S/C11H12O4/c1-8(13)9-2-4-10(5-3-9)15-11(14)6-7-12/h2-5,12H,6-7H2,1H3. The zero-order valence-corrected chi connectivity index (χ0v) is 8.40. The van der Waals surface area contributed by atoms with Crippen molar-refractivity contribution in [2.75, 3.05) is 6.61 Å². The smallest absolute Gasteiger partial charge is 0.313 e. The average Bonchev–Trinajstić information content (AvgIpc) is 2.18. The molecule has 0 bridgehead atoms. The molecule has 0 radical (unpaired) electrons. The lowest BCUT2D eigenvalue weighted by Gasteiger charge is -2.03. The van der Waals surface area contributed by atoms with Crippen molar-refractivity contribution in [3.05, 3.63) is 29.8 Å². The van der Waals surface area contributed by atoms with Gasteiger partial charge in [0.05, 0.1) is 13.0 Å². The Kier molecular flexibility index (Phi) is 4.00. The van der Waals surface area contributed by atoms with Gasteiger partial charge < -0.3 is 9.84 Å². The van der Waals surface area contributed by atoms with E-state index < -0.39 is 5.97 Å². The van der Waals surface area contributed by atoms with Crippen LogP contribution < -0.4 is 4.74 Å². The van der Waals surface area contributed by atoms with Crippen LogP contribution in [0.4, 0.5) is 0 Å². The van der Waals surface area contributed by atoms with Gasteiger partial charge in [0, 0.05) is 5.56 Å². The third-order valence-corrected chi connectivity index (χ3v) is 1.81. The van der Waals surface area contributed by atoms with Crippen LogP contribution in [0, 0.1) is 0 Å². The predicted molar refractivity (Wildman–Crippen MR) is 53.8 cm³/mol. The molecule has 0 saturated heterocycles. The van der Waals surface area contributed by atoms with Crippen molar-refractivity contribution in [1.82, 2.24) is 0 Å². The van der Waals surface area contributed by atoms with E-state index in [1.165, 1.54) is 6.92 Å². The highest BCUT2D eigenvalue weighted by atomic mass is 16.5. The Morgan fingerprint density at radius 3 is 2.33 bits per heavy atom. The van der Waals surface area contributed by atoms with Crippen molar-refractivity contribution < 1.29 is 19.4 Å². The summed E-state index contributed by atoms with van der Waals surface area (Å²) < 4.78 is 4.88. The minimum Gasteiger partial charge on any atom is -0.426 e. The van der Waals surface area contributed by atoms with Crippen LogP contribution in [0.2, 0.25) is 0 Å². The normalized spacial score (nSPS) is 9.73. The molecule has 0 unspecified atom stereocenters. The molecule has 0 saturated carbocycles. The average molecular weight is 208 g/mol. The maximum Gasteiger partial charge on any atom is 0.313 e. The number of esters is 1. The van der Waals surface area contributed by atoms with Gasteiger partial charge in [0.15, 0.2) is 5.78 Å². The molecule has 0 fully saturated rings. The highest BCUT2D eigenvalue weighted by Crippen LogP contribution is 2.13. The molecule has 1 aromatic carbocycles. The van der Waals surface area contributed by atoms with E-state index in [0.717, 1.165) is 0 Å². The number of carbonyl (C=O) groups excluding carboxylic acids is 2. The van der Waals surface area contributed by atoms with E-state index in [1.54, 1.807) is 24.3 Å². The Hall–Kier alpha value is -1.68. The van der Waals surface area contributed by atoms with E-state index >= 15 is 0 Å². The molecule has 0 aromatic heterocycles. The van der Waals surface area contributed by atoms with E-state index in [9.17, 15) is 9.59 Å². The first kappa shape index (κ1) is 11.4. The third kappa shape index (κ3) is 3.52. The molecule has 4 heteroatoms. The van der Waals surface area contributed by atoms with Crippen molar-refractivity contribution in [2.45, 2.75) is 13.3 Å². The van der Waals surface area contributed by atoms with Gasteiger partial charge in [-0.05, 0) is 31.2 Å². The van der Waals surface area contributed by atoms with E-state index in [0.29, 0.717) is 11.3 Å². The fraction of sp³-hybridized carbons (Fsp3) is 0.273. The summed E-state index contributed by atoms with van der Waals surface area (Å²) in [5.41, 5.74) is 0.567. The lowest BCUT2D eigenvalue weighted by molar-refractivity contribution is -0.135. The predicted octanol–water partition coefficient (Wildman–Crippen LogP) is 1.18. The summed E-state index contributed by atoms with van der Waals surface area (Å²) in [5, 5.41) is 8.49. The van der Waals surface area contributed by atoms with Gasteiger partial charge in [0.1, 0.15) is 5.75 Å². The summed E-state index contributed by atoms with van der Waals surface area (Å²) in [6.07, 6.45) is -0.0333. The molecule has 1 N–H and O–H groups in total. The van der Waals surface area contributed by atoms with Gasteiger partial charge in [-0.25, -0.2) is 0 Å². The highest BCUT2D eigenvalue weighted by Gasteiger charge is 2.04. The lowest BCUT2D eigenvalue weighted by Crippen LogP contribution is -2.09. The zero-order valence-electron chi connectivity index (χ0n) is 8.40. The van der Waals surface area contributed by atoms with Crippen LogP contribution >= 0.6 is 0 Å². The highest BCUT2D eigenvalue weighted by molar-refractivity contribution is 5.94. The van der Waals surface area contributed by atoms with Crippen molar-refractivity contribution >= 4 is 11.8 Å². The van der Waals surface area contributed by atoms with Crippen LogP contribution in [0.3, 0.4) is 0 Å². The fourth-order valence-corrected chi connectivity index (χ4v) is 1.03. The van der Waals surface area contributed by atoms with E-state index in [-0.39, 0.29) is 18.8 Å². The Labute approximate surface area is 87.5 Å². The van der Waals surface area contributed by atoms with E-state index in [1.807, 2.05) is 0 Å². The third-order valence-electron chi connectivity index (χ3n) is 1.81. The molecule has 0 spiro atoms.